The molecule has 1 rings (SSSR count). The number of carbonyl (C=O) groups excluding carboxylic acids is 2. The van der Waals surface area contributed by atoms with Gasteiger partial charge in [0.2, 0.25) is 6.79 Å². The largest absolute Gasteiger partial charge is 0.427 e. The zero-order valence-electron chi connectivity index (χ0n) is 12.5. The molecule has 0 saturated heterocycles. The Kier molecular flexibility index (Phi) is 6.73. The fourth-order valence-corrected chi connectivity index (χ4v) is 1.40. The molecule has 0 heterocycles. The zero-order chi connectivity index (χ0) is 14.6. The summed E-state index contributed by atoms with van der Waals surface area (Å²) in [5, 5.41) is 0. The van der Waals surface area contributed by atoms with Crippen LogP contribution in [0, 0.1) is 19.3 Å². The SMILES string of the molecule is Cc1cccc(C(=O)OCOC(=O)C(C)(C)C)c1C.Cl. The molecular weight excluding hydrogens is 280 g/mol. The minimum atomic E-state index is -0.605. The van der Waals surface area contributed by atoms with Crippen LogP contribution >= 0.6 is 12.4 Å². The van der Waals surface area contributed by atoms with Gasteiger partial charge in [0.25, 0.3) is 0 Å². The van der Waals surface area contributed by atoms with E-state index >= 15 is 0 Å². The van der Waals surface area contributed by atoms with Gasteiger partial charge in [0.1, 0.15) is 0 Å². The molecule has 0 unspecified atom stereocenters. The van der Waals surface area contributed by atoms with Crippen molar-refractivity contribution in [2.45, 2.75) is 34.6 Å². The topological polar surface area (TPSA) is 52.6 Å². The van der Waals surface area contributed by atoms with Crippen LogP contribution < -0.4 is 0 Å². The van der Waals surface area contributed by atoms with E-state index in [9.17, 15) is 9.59 Å². The van der Waals surface area contributed by atoms with Crippen LogP contribution in [0.5, 0.6) is 0 Å². The van der Waals surface area contributed by atoms with Crippen molar-refractivity contribution in [3.8, 4) is 0 Å². The molecule has 0 aromatic heterocycles. The first-order valence-corrected chi connectivity index (χ1v) is 6.14. The van der Waals surface area contributed by atoms with E-state index in [1.807, 2.05) is 19.9 Å². The highest BCUT2D eigenvalue weighted by Gasteiger charge is 2.23. The summed E-state index contributed by atoms with van der Waals surface area (Å²) in [6.45, 7) is 8.63. The van der Waals surface area contributed by atoms with Crippen LogP contribution in [0.4, 0.5) is 0 Å². The van der Waals surface area contributed by atoms with Gasteiger partial charge in [-0.1, -0.05) is 12.1 Å². The maximum absolute atomic E-state index is 11.8. The molecular formula is C15H21ClO4. The molecule has 0 bridgehead atoms. The fourth-order valence-electron chi connectivity index (χ4n) is 1.40. The number of aryl methyl sites for hydroxylation is 1. The number of rotatable bonds is 3. The molecule has 0 radical (unpaired) electrons. The van der Waals surface area contributed by atoms with Gasteiger partial charge in [-0.05, 0) is 51.8 Å². The Hall–Kier alpha value is -1.55. The first-order chi connectivity index (χ1) is 8.73. The molecule has 0 saturated carbocycles. The van der Waals surface area contributed by atoms with Crippen molar-refractivity contribution in [1.82, 2.24) is 0 Å². The first-order valence-electron chi connectivity index (χ1n) is 6.14. The molecule has 1 aromatic rings. The summed E-state index contributed by atoms with van der Waals surface area (Å²) < 4.78 is 9.83. The Morgan fingerprint density at radius 2 is 1.70 bits per heavy atom. The molecule has 0 aliphatic rings. The Morgan fingerprint density at radius 3 is 2.25 bits per heavy atom. The van der Waals surface area contributed by atoms with Crippen LogP contribution in [0.15, 0.2) is 18.2 Å². The zero-order valence-corrected chi connectivity index (χ0v) is 13.3. The van der Waals surface area contributed by atoms with E-state index in [1.165, 1.54) is 0 Å². The van der Waals surface area contributed by atoms with Crippen molar-refractivity contribution < 1.29 is 19.1 Å². The van der Waals surface area contributed by atoms with Gasteiger partial charge in [-0.25, -0.2) is 4.79 Å². The maximum Gasteiger partial charge on any atom is 0.341 e. The molecule has 4 nitrogen and oxygen atoms in total. The second-order valence-electron chi connectivity index (χ2n) is 5.48. The Labute approximate surface area is 125 Å². The third-order valence-corrected chi connectivity index (χ3v) is 2.82. The van der Waals surface area contributed by atoms with Gasteiger partial charge in [-0.15, -0.1) is 12.4 Å². The number of benzene rings is 1. The number of hydrogen-bond acceptors (Lipinski definition) is 4. The minimum absolute atomic E-state index is 0. The lowest BCUT2D eigenvalue weighted by molar-refractivity contribution is -0.161. The molecule has 5 heteroatoms. The number of carbonyl (C=O) groups is 2. The summed E-state index contributed by atoms with van der Waals surface area (Å²) in [6, 6.07) is 5.40. The summed E-state index contributed by atoms with van der Waals surface area (Å²) in [5.41, 5.74) is 1.77. The standard InChI is InChI=1S/C15H20O4.ClH/c1-10-7-6-8-12(11(10)2)13(16)18-9-19-14(17)15(3,4)5;/h6-8H,9H2,1-5H3;1H. The van der Waals surface area contributed by atoms with Crippen LogP contribution in [-0.2, 0) is 14.3 Å². The monoisotopic (exact) mass is 300 g/mol. The van der Waals surface area contributed by atoms with Gasteiger partial charge in [0, 0.05) is 0 Å². The number of hydrogen-bond donors (Lipinski definition) is 0. The van der Waals surface area contributed by atoms with E-state index in [2.05, 4.69) is 0 Å². The summed E-state index contributed by atoms with van der Waals surface area (Å²) in [6.07, 6.45) is 0. The summed E-state index contributed by atoms with van der Waals surface area (Å²) in [4.78, 5) is 23.3. The third-order valence-electron chi connectivity index (χ3n) is 2.82. The summed E-state index contributed by atoms with van der Waals surface area (Å²) >= 11 is 0. The van der Waals surface area contributed by atoms with E-state index < -0.39 is 17.4 Å². The average Bonchev–Trinajstić information content (AvgIpc) is 2.31. The van der Waals surface area contributed by atoms with Crippen molar-refractivity contribution in [2.75, 3.05) is 6.79 Å². The minimum Gasteiger partial charge on any atom is -0.427 e. The lowest BCUT2D eigenvalue weighted by Gasteiger charge is -2.16. The molecule has 0 atom stereocenters. The highest BCUT2D eigenvalue weighted by molar-refractivity contribution is 5.91. The molecule has 0 spiro atoms. The second kappa shape index (κ2) is 7.29. The molecule has 0 aliphatic heterocycles. The molecule has 0 N–H and O–H groups in total. The van der Waals surface area contributed by atoms with Crippen LogP contribution in [0.3, 0.4) is 0 Å². The van der Waals surface area contributed by atoms with Crippen molar-refractivity contribution in [3.63, 3.8) is 0 Å². The highest BCUT2D eigenvalue weighted by atomic mass is 35.5. The van der Waals surface area contributed by atoms with Crippen molar-refractivity contribution in [1.29, 1.82) is 0 Å². The predicted molar refractivity (Wildman–Crippen MR) is 79.0 cm³/mol. The smallest absolute Gasteiger partial charge is 0.341 e. The lowest BCUT2D eigenvalue weighted by Crippen LogP contribution is -2.24. The Morgan fingerprint density at radius 1 is 1.10 bits per heavy atom. The van der Waals surface area contributed by atoms with Crippen LogP contribution in [-0.4, -0.2) is 18.7 Å². The highest BCUT2D eigenvalue weighted by Crippen LogP contribution is 2.16. The molecule has 112 valence electrons. The first kappa shape index (κ1) is 18.4. The third kappa shape index (κ3) is 4.85. The lowest BCUT2D eigenvalue weighted by atomic mass is 9.98. The van der Waals surface area contributed by atoms with Crippen LogP contribution in [0.1, 0.15) is 42.3 Å². The quantitative estimate of drug-likeness (QED) is 0.634. The van der Waals surface area contributed by atoms with Gasteiger partial charge in [0.15, 0.2) is 0 Å². The fraction of sp³-hybridized carbons (Fsp3) is 0.467. The van der Waals surface area contributed by atoms with Crippen LogP contribution in [0.25, 0.3) is 0 Å². The van der Waals surface area contributed by atoms with Gasteiger partial charge >= 0.3 is 11.9 Å². The van der Waals surface area contributed by atoms with Crippen molar-refractivity contribution in [3.05, 3.63) is 34.9 Å². The molecule has 0 fully saturated rings. The van der Waals surface area contributed by atoms with E-state index in [0.29, 0.717) is 5.56 Å². The van der Waals surface area contributed by atoms with E-state index in [-0.39, 0.29) is 19.2 Å². The maximum atomic E-state index is 11.8. The molecule has 20 heavy (non-hydrogen) atoms. The Balaban J connectivity index is 0.00000361. The summed E-state index contributed by atoms with van der Waals surface area (Å²) in [5.74, 6) is -0.885. The van der Waals surface area contributed by atoms with E-state index in [4.69, 9.17) is 9.47 Å². The van der Waals surface area contributed by atoms with Gasteiger partial charge in [0.05, 0.1) is 11.0 Å². The summed E-state index contributed by atoms with van der Waals surface area (Å²) in [7, 11) is 0. The van der Waals surface area contributed by atoms with Gasteiger partial charge in [-0.2, -0.15) is 0 Å². The molecule has 0 amide bonds. The van der Waals surface area contributed by atoms with Gasteiger partial charge in [-0.3, -0.25) is 4.79 Å². The molecule has 0 aliphatic carbocycles. The normalized spacial score (nSPS) is 10.4. The van der Waals surface area contributed by atoms with Crippen LogP contribution in [0.2, 0.25) is 0 Å². The van der Waals surface area contributed by atoms with Crippen molar-refractivity contribution >= 4 is 24.3 Å². The second-order valence-corrected chi connectivity index (χ2v) is 5.48. The molecule has 1 aromatic carbocycles. The van der Waals surface area contributed by atoms with Gasteiger partial charge < -0.3 is 9.47 Å². The predicted octanol–water partition coefficient (Wildman–Crippen LogP) is 3.43. The van der Waals surface area contributed by atoms with E-state index in [0.717, 1.165) is 11.1 Å². The van der Waals surface area contributed by atoms with E-state index in [1.54, 1.807) is 32.9 Å². The van der Waals surface area contributed by atoms with Crippen molar-refractivity contribution in [2.24, 2.45) is 5.41 Å². The number of halogens is 1. The average molecular weight is 301 g/mol. The Bertz CT molecular complexity index is 489. The number of ether oxygens (including phenoxy) is 2. The number of esters is 2.